The lowest BCUT2D eigenvalue weighted by Crippen LogP contribution is -2.14. The lowest BCUT2D eigenvalue weighted by Gasteiger charge is -2.22. The van der Waals surface area contributed by atoms with Crippen molar-refractivity contribution in [1.82, 2.24) is 14.5 Å². The summed E-state index contributed by atoms with van der Waals surface area (Å²) in [6.45, 7) is 4.75. The topological polar surface area (TPSA) is 30.7 Å². The van der Waals surface area contributed by atoms with E-state index in [4.69, 9.17) is 9.97 Å². The van der Waals surface area contributed by atoms with Crippen LogP contribution in [0.4, 0.5) is 0 Å². The van der Waals surface area contributed by atoms with Gasteiger partial charge < -0.3 is 0 Å². The first-order valence-corrected chi connectivity index (χ1v) is 20.1. The Kier molecular flexibility index (Phi) is 6.98. The molecule has 2 heterocycles. The van der Waals surface area contributed by atoms with E-state index in [1.165, 1.54) is 70.9 Å². The van der Waals surface area contributed by atoms with E-state index in [-0.39, 0.29) is 5.41 Å². The van der Waals surface area contributed by atoms with E-state index >= 15 is 0 Å². The van der Waals surface area contributed by atoms with Crippen molar-refractivity contribution in [1.29, 1.82) is 0 Å². The molecule has 12 rings (SSSR count). The molecule has 1 aliphatic rings. The van der Waals surface area contributed by atoms with Gasteiger partial charge in [-0.05, 0) is 108 Å². The summed E-state index contributed by atoms with van der Waals surface area (Å²) in [6, 6.07) is 68.2. The van der Waals surface area contributed by atoms with E-state index in [0.29, 0.717) is 5.95 Å². The van der Waals surface area contributed by atoms with E-state index in [0.717, 1.165) is 39.1 Å². The minimum absolute atomic E-state index is 0.135. The fraction of sp³-hybridized carbons (Fsp3) is 0.0545. The van der Waals surface area contributed by atoms with Crippen LogP contribution in [-0.2, 0) is 5.41 Å². The van der Waals surface area contributed by atoms with E-state index in [9.17, 15) is 0 Å². The Bertz CT molecular complexity index is 3430. The maximum Gasteiger partial charge on any atom is 0.235 e. The zero-order chi connectivity index (χ0) is 38.5. The van der Waals surface area contributed by atoms with Crippen molar-refractivity contribution in [2.45, 2.75) is 19.3 Å². The number of hydrogen-bond donors (Lipinski definition) is 0. The summed E-state index contributed by atoms with van der Waals surface area (Å²) in [5.74, 6) is 0.656. The fourth-order valence-electron chi connectivity index (χ4n) is 9.76. The lowest BCUT2D eigenvalue weighted by atomic mass is 9.81. The molecule has 0 aliphatic heterocycles. The quantitative estimate of drug-likeness (QED) is 0.168. The van der Waals surface area contributed by atoms with Crippen LogP contribution < -0.4 is 0 Å². The van der Waals surface area contributed by atoms with Crippen molar-refractivity contribution in [3.05, 3.63) is 199 Å². The molecule has 11 aromatic rings. The highest BCUT2D eigenvalue weighted by Crippen LogP contribution is 2.52. The molecule has 1 aliphatic carbocycles. The lowest BCUT2D eigenvalue weighted by molar-refractivity contribution is 0.661. The van der Waals surface area contributed by atoms with Crippen LogP contribution in [0.1, 0.15) is 25.0 Å². The smallest absolute Gasteiger partial charge is 0.235 e. The Hall–Kier alpha value is -7.36. The zero-order valence-corrected chi connectivity index (χ0v) is 32.2. The molecule has 9 aromatic carbocycles. The molecular formula is C55H37N3. The molecule has 0 N–H and O–H groups in total. The van der Waals surface area contributed by atoms with Crippen molar-refractivity contribution in [2.75, 3.05) is 0 Å². The van der Waals surface area contributed by atoms with Crippen LogP contribution in [0.5, 0.6) is 0 Å². The Labute approximate surface area is 336 Å². The summed E-state index contributed by atoms with van der Waals surface area (Å²) < 4.78 is 2.21. The van der Waals surface area contributed by atoms with Gasteiger partial charge in [0.2, 0.25) is 5.95 Å². The molecule has 0 amide bonds. The van der Waals surface area contributed by atoms with Crippen LogP contribution >= 0.6 is 0 Å². The van der Waals surface area contributed by atoms with Gasteiger partial charge in [-0.1, -0.05) is 159 Å². The van der Waals surface area contributed by atoms with Gasteiger partial charge in [0.05, 0.1) is 22.4 Å². The van der Waals surface area contributed by atoms with Crippen LogP contribution in [0.15, 0.2) is 188 Å². The minimum atomic E-state index is -0.135. The second kappa shape index (κ2) is 12.3. The third-order valence-electron chi connectivity index (χ3n) is 12.6. The third kappa shape index (κ3) is 4.80. The number of aromatic nitrogens is 3. The first-order valence-electron chi connectivity index (χ1n) is 20.1. The highest BCUT2D eigenvalue weighted by Gasteiger charge is 2.36. The molecule has 0 radical (unpaired) electrons. The standard InChI is InChI=1S/C55H37N3/c1-55(2)48-28-27-36(30-46(48)47-31-44-40-21-8-6-19-38(40)39-20-7-9-22-41(39)45(44)32-49(47)55)35-17-14-18-37(29-35)51-33-50(34-15-4-3-5-16-34)56-54(57-51)58-52-25-12-10-23-42(52)43-24-11-13-26-53(43)58/h3-33H,1-2H3. The van der Waals surface area contributed by atoms with E-state index in [2.05, 4.69) is 200 Å². The zero-order valence-electron chi connectivity index (χ0n) is 32.2. The van der Waals surface area contributed by atoms with Crippen molar-refractivity contribution in [2.24, 2.45) is 0 Å². The summed E-state index contributed by atoms with van der Waals surface area (Å²) in [4.78, 5) is 10.6. The Morgan fingerprint density at radius 2 is 0.828 bits per heavy atom. The summed E-state index contributed by atoms with van der Waals surface area (Å²) >= 11 is 0. The van der Waals surface area contributed by atoms with Gasteiger partial charge in [0.25, 0.3) is 0 Å². The number of nitrogens with zero attached hydrogens (tertiary/aromatic N) is 3. The summed E-state index contributed by atoms with van der Waals surface area (Å²) in [6.07, 6.45) is 0. The predicted molar refractivity (Wildman–Crippen MR) is 243 cm³/mol. The molecule has 0 atom stereocenters. The predicted octanol–water partition coefficient (Wildman–Crippen LogP) is 14.3. The monoisotopic (exact) mass is 739 g/mol. The highest BCUT2D eigenvalue weighted by atomic mass is 15.2. The van der Waals surface area contributed by atoms with E-state index in [1.807, 2.05) is 6.07 Å². The van der Waals surface area contributed by atoms with Gasteiger partial charge in [-0.15, -0.1) is 0 Å². The Morgan fingerprint density at radius 1 is 0.345 bits per heavy atom. The molecular weight excluding hydrogens is 703 g/mol. The molecule has 0 fully saturated rings. The molecule has 0 bridgehead atoms. The number of rotatable bonds is 4. The van der Waals surface area contributed by atoms with Crippen LogP contribution in [0.2, 0.25) is 0 Å². The average Bonchev–Trinajstić information content (AvgIpc) is 3.74. The number of hydrogen-bond acceptors (Lipinski definition) is 2. The summed E-state index contributed by atoms with van der Waals surface area (Å²) in [5, 5.41) is 10.2. The van der Waals surface area contributed by atoms with E-state index < -0.39 is 0 Å². The molecule has 58 heavy (non-hydrogen) atoms. The molecule has 3 heteroatoms. The van der Waals surface area contributed by atoms with Crippen LogP contribution in [0, 0.1) is 0 Å². The number of para-hydroxylation sites is 2. The first kappa shape index (κ1) is 32.8. The van der Waals surface area contributed by atoms with Crippen LogP contribution in [0.3, 0.4) is 0 Å². The third-order valence-corrected chi connectivity index (χ3v) is 12.6. The maximum absolute atomic E-state index is 5.34. The van der Waals surface area contributed by atoms with Crippen molar-refractivity contribution in [3.63, 3.8) is 0 Å². The van der Waals surface area contributed by atoms with Crippen molar-refractivity contribution < 1.29 is 0 Å². The fourth-order valence-corrected chi connectivity index (χ4v) is 9.76. The SMILES string of the molecule is CC1(C)c2ccc(-c3cccc(-c4cc(-c5ccccc5)nc(-n5c6ccccc6c6ccccc65)n4)c3)cc2-c2cc3c4ccccc4c4ccccc4c3cc21. The summed E-state index contributed by atoms with van der Waals surface area (Å²) in [7, 11) is 0. The van der Waals surface area contributed by atoms with Gasteiger partial charge in [0, 0.05) is 27.3 Å². The van der Waals surface area contributed by atoms with Crippen molar-refractivity contribution >= 4 is 54.1 Å². The largest absolute Gasteiger partial charge is 0.278 e. The summed E-state index contributed by atoms with van der Waals surface area (Å²) in [5.41, 5.74) is 13.6. The molecule has 0 saturated carbocycles. The number of benzene rings is 9. The molecule has 0 saturated heterocycles. The molecule has 3 nitrogen and oxygen atoms in total. The van der Waals surface area contributed by atoms with Gasteiger partial charge in [0.15, 0.2) is 0 Å². The second-order valence-corrected chi connectivity index (χ2v) is 16.2. The average molecular weight is 740 g/mol. The second-order valence-electron chi connectivity index (χ2n) is 16.2. The normalized spacial score (nSPS) is 13.1. The molecule has 0 spiro atoms. The first-order chi connectivity index (χ1) is 28.5. The Morgan fingerprint density at radius 3 is 1.48 bits per heavy atom. The van der Waals surface area contributed by atoms with Crippen LogP contribution in [-0.4, -0.2) is 14.5 Å². The molecule has 0 unspecified atom stereocenters. The minimum Gasteiger partial charge on any atom is -0.278 e. The molecule has 2 aromatic heterocycles. The maximum atomic E-state index is 5.34. The van der Waals surface area contributed by atoms with Crippen molar-refractivity contribution in [3.8, 4) is 50.7 Å². The van der Waals surface area contributed by atoms with Crippen LogP contribution in [0.25, 0.3) is 105 Å². The van der Waals surface area contributed by atoms with Gasteiger partial charge >= 0.3 is 0 Å². The van der Waals surface area contributed by atoms with E-state index in [1.54, 1.807) is 0 Å². The van der Waals surface area contributed by atoms with Gasteiger partial charge in [-0.2, -0.15) is 0 Å². The van der Waals surface area contributed by atoms with Gasteiger partial charge in [-0.25, -0.2) is 9.97 Å². The number of fused-ring (bicyclic) bond motifs is 12. The Balaban J connectivity index is 1.03. The molecule has 272 valence electrons. The highest BCUT2D eigenvalue weighted by molar-refractivity contribution is 6.26. The van der Waals surface area contributed by atoms with Gasteiger partial charge in [-0.3, -0.25) is 4.57 Å². The van der Waals surface area contributed by atoms with Gasteiger partial charge in [0.1, 0.15) is 0 Å².